The molecule has 0 bridgehead atoms. The first-order chi connectivity index (χ1) is 6.15. The summed E-state index contributed by atoms with van der Waals surface area (Å²) in [5, 5.41) is 18.7. The van der Waals surface area contributed by atoms with Gasteiger partial charge in [-0.2, -0.15) is 10.5 Å². The second kappa shape index (κ2) is 8.92. The summed E-state index contributed by atoms with van der Waals surface area (Å²) >= 11 is 3.74. The van der Waals surface area contributed by atoms with Crippen LogP contribution >= 0.6 is 12.6 Å². The molecule has 70 valence electrons. The third-order valence-corrected chi connectivity index (χ3v) is 1.29. The molecule has 5 nitrogen and oxygen atoms in total. The molecule has 14 heavy (non-hydrogen) atoms. The van der Waals surface area contributed by atoms with Gasteiger partial charge in [0.05, 0.1) is 6.61 Å². The first-order valence-electron chi connectivity index (χ1n) is 3.32. The van der Waals surface area contributed by atoms with Crippen molar-refractivity contribution >= 4 is 48.3 Å². The zero-order valence-electron chi connectivity index (χ0n) is 6.87. The fourth-order valence-corrected chi connectivity index (χ4v) is 0.649. The van der Waals surface area contributed by atoms with Gasteiger partial charge in [0.15, 0.2) is 5.57 Å². The molecule has 0 aliphatic carbocycles. The molecule has 0 aliphatic heterocycles. The van der Waals surface area contributed by atoms with Crippen molar-refractivity contribution in [1.29, 1.82) is 10.5 Å². The van der Waals surface area contributed by atoms with Crippen molar-refractivity contribution in [1.82, 2.24) is 5.32 Å². The molecular formula is C7H8N3NaO2S. The minimum absolute atomic E-state index is 0. The number of nitrogens with one attached hydrogen (secondary N) is 1. The predicted octanol–water partition coefficient (Wildman–Crippen LogP) is 0.273. The van der Waals surface area contributed by atoms with Gasteiger partial charge in [-0.05, 0) is 6.92 Å². The summed E-state index contributed by atoms with van der Waals surface area (Å²) in [6.45, 7) is 1.85. The van der Waals surface area contributed by atoms with Gasteiger partial charge in [-0.15, -0.1) is 12.6 Å². The van der Waals surface area contributed by atoms with E-state index in [-0.39, 0.29) is 46.8 Å². The van der Waals surface area contributed by atoms with E-state index >= 15 is 0 Å². The van der Waals surface area contributed by atoms with Crippen molar-refractivity contribution in [2.75, 3.05) is 6.61 Å². The normalized spacial score (nSPS) is 7.14. The SMILES string of the molecule is CCOC(=O)NC(S)=C(C#N)C#N.[NaH]. The van der Waals surface area contributed by atoms with Crippen LogP contribution in [0.3, 0.4) is 0 Å². The molecule has 7 heteroatoms. The van der Waals surface area contributed by atoms with Gasteiger partial charge in [0.1, 0.15) is 17.2 Å². The van der Waals surface area contributed by atoms with Crippen LogP contribution in [0.15, 0.2) is 10.6 Å². The summed E-state index contributed by atoms with van der Waals surface area (Å²) in [6, 6.07) is 3.14. The van der Waals surface area contributed by atoms with Crippen LogP contribution in [-0.4, -0.2) is 42.3 Å². The molecule has 0 unspecified atom stereocenters. The van der Waals surface area contributed by atoms with Gasteiger partial charge in [-0.25, -0.2) is 4.79 Å². The zero-order valence-corrected chi connectivity index (χ0v) is 7.76. The Labute approximate surface area is 109 Å². The summed E-state index contributed by atoms with van der Waals surface area (Å²) in [6.07, 6.45) is -0.740. The number of hydrogen-bond donors (Lipinski definition) is 2. The van der Waals surface area contributed by atoms with Crippen LogP contribution < -0.4 is 5.32 Å². The van der Waals surface area contributed by atoms with Gasteiger partial charge in [-0.1, -0.05) is 0 Å². The van der Waals surface area contributed by atoms with Crippen LogP contribution in [0.1, 0.15) is 6.92 Å². The molecule has 1 amide bonds. The number of thiol groups is 1. The van der Waals surface area contributed by atoms with Crippen LogP contribution in [-0.2, 0) is 4.74 Å². The average Bonchev–Trinajstić information content (AvgIpc) is 2.06. The third kappa shape index (κ3) is 5.90. The van der Waals surface area contributed by atoms with E-state index < -0.39 is 6.09 Å². The van der Waals surface area contributed by atoms with Crippen LogP contribution in [0.4, 0.5) is 4.79 Å². The Morgan fingerprint density at radius 3 is 2.36 bits per heavy atom. The fourth-order valence-electron chi connectivity index (χ4n) is 0.457. The quantitative estimate of drug-likeness (QED) is 0.398. The number of hydrogen-bond acceptors (Lipinski definition) is 5. The molecule has 0 heterocycles. The molecule has 0 atom stereocenters. The number of carbonyl (C=O) groups excluding carboxylic acids is 1. The van der Waals surface area contributed by atoms with E-state index in [1.807, 2.05) is 0 Å². The zero-order chi connectivity index (χ0) is 10.3. The average molecular weight is 221 g/mol. The van der Waals surface area contributed by atoms with E-state index in [2.05, 4.69) is 22.7 Å². The number of alkyl carbamates (subject to hydrolysis) is 1. The molecule has 0 aromatic carbocycles. The third-order valence-electron chi connectivity index (χ3n) is 0.956. The predicted molar refractivity (Wildman–Crippen MR) is 54.5 cm³/mol. The van der Waals surface area contributed by atoms with Gasteiger partial charge in [-0.3, -0.25) is 5.32 Å². The van der Waals surface area contributed by atoms with Gasteiger partial charge in [0, 0.05) is 0 Å². The molecule has 1 N–H and O–H groups in total. The number of nitrogens with zero attached hydrogens (tertiary/aromatic N) is 2. The van der Waals surface area contributed by atoms with Gasteiger partial charge < -0.3 is 4.74 Å². The van der Waals surface area contributed by atoms with Crippen LogP contribution in [0.2, 0.25) is 0 Å². The van der Waals surface area contributed by atoms with Crippen molar-refractivity contribution in [3.8, 4) is 12.1 Å². The van der Waals surface area contributed by atoms with Gasteiger partial charge >= 0.3 is 35.7 Å². The molecule has 0 saturated heterocycles. The Morgan fingerprint density at radius 1 is 1.50 bits per heavy atom. The van der Waals surface area contributed by atoms with Crippen molar-refractivity contribution in [2.24, 2.45) is 0 Å². The van der Waals surface area contributed by atoms with E-state index in [0.717, 1.165) is 0 Å². The van der Waals surface area contributed by atoms with E-state index in [4.69, 9.17) is 10.5 Å². The van der Waals surface area contributed by atoms with Crippen LogP contribution in [0, 0.1) is 22.7 Å². The van der Waals surface area contributed by atoms with E-state index in [9.17, 15) is 4.79 Å². The van der Waals surface area contributed by atoms with Crippen molar-refractivity contribution in [2.45, 2.75) is 6.92 Å². The standard InChI is InChI=1S/C7H7N3O2S.Na.H/c1-2-12-7(11)10-6(13)5(3-8)4-9;;/h13H,2H2,1H3,(H,10,11);;. The van der Waals surface area contributed by atoms with E-state index in [0.29, 0.717) is 0 Å². The van der Waals surface area contributed by atoms with Gasteiger partial charge in [0.2, 0.25) is 0 Å². The molecule has 0 spiro atoms. The minimum atomic E-state index is -0.740. The molecule has 0 aliphatic rings. The van der Waals surface area contributed by atoms with Crippen LogP contribution in [0.25, 0.3) is 0 Å². The number of allylic oxidation sites excluding steroid dienone is 1. The topological polar surface area (TPSA) is 85.9 Å². The molecule has 0 aromatic heterocycles. The monoisotopic (exact) mass is 221 g/mol. The maximum atomic E-state index is 10.8. The molecular weight excluding hydrogens is 213 g/mol. The summed E-state index contributed by atoms with van der Waals surface area (Å²) in [5.41, 5.74) is -0.267. The summed E-state index contributed by atoms with van der Waals surface area (Å²) in [5.74, 6) is 0. The number of amides is 1. The number of rotatable bonds is 2. The molecule has 0 aromatic rings. The van der Waals surface area contributed by atoms with E-state index in [1.54, 1.807) is 19.1 Å². The van der Waals surface area contributed by atoms with Crippen molar-refractivity contribution < 1.29 is 9.53 Å². The van der Waals surface area contributed by atoms with E-state index in [1.165, 1.54) is 0 Å². The second-order valence-electron chi connectivity index (χ2n) is 1.79. The first kappa shape index (κ1) is 15.8. The Morgan fingerprint density at radius 2 is 2.00 bits per heavy atom. The molecule has 0 rings (SSSR count). The summed E-state index contributed by atoms with van der Waals surface area (Å²) in [7, 11) is 0. The summed E-state index contributed by atoms with van der Waals surface area (Å²) in [4.78, 5) is 10.8. The fraction of sp³-hybridized carbons (Fsp3) is 0.286. The second-order valence-corrected chi connectivity index (χ2v) is 2.24. The number of ether oxygens (including phenoxy) is 1. The molecule has 0 fully saturated rings. The molecule has 0 radical (unpaired) electrons. The Balaban J connectivity index is 0. The van der Waals surface area contributed by atoms with Crippen molar-refractivity contribution in [3.05, 3.63) is 10.6 Å². The Bertz CT molecular complexity index is 300. The number of carbonyl (C=O) groups is 1. The van der Waals surface area contributed by atoms with Gasteiger partial charge in [0.25, 0.3) is 0 Å². The molecule has 0 saturated carbocycles. The Hall–Kier alpha value is -0.660. The first-order valence-corrected chi connectivity index (χ1v) is 3.77. The summed E-state index contributed by atoms with van der Waals surface area (Å²) < 4.78 is 4.50. The Kier molecular flexibility index (Phi) is 10.1. The number of nitriles is 2. The van der Waals surface area contributed by atoms with Crippen LogP contribution in [0.5, 0.6) is 0 Å². The maximum absolute atomic E-state index is 10.8. The van der Waals surface area contributed by atoms with Crippen molar-refractivity contribution in [3.63, 3.8) is 0 Å².